The van der Waals surface area contributed by atoms with Crippen LogP contribution in [0, 0.1) is 11.6 Å². The molecule has 0 saturated heterocycles. The summed E-state index contributed by atoms with van der Waals surface area (Å²) in [5.41, 5.74) is -1.45. The van der Waals surface area contributed by atoms with Crippen LogP contribution in [0.2, 0.25) is 0 Å². The van der Waals surface area contributed by atoms with E-state index in [1.807, 2.05) is 4.72 Å². The molecular weight excluding hydrogens is 280 g/mol. The molecule has 1 aromatic carbocycles. The van der Waals surface area contributed by atoms with Crippen LogP contribution in [-0.2, 0) is 14.8 Å². The molecular formula is C11H15F2NO4S. The van der Waals surface area contributed by atoms with Gasteiger partial charge in [0.15, 0.2) is 0 Å². The van der Waals surface area contributed by atoms with Gasteiger partial charge in [-0.1, -0.05) is 0 Å². The SMILES string of the molecule is COC[C@@](C)(O)CNS(=O)(=O)c1cc(F)ccc1F. The van der Waals surface area contributed by atoms with Crippen LogP contribution in [-0.4, -0.2) is 39.4 Å². The first-order valence-electron chi connectivity index (χ1n) is 5.34. The van der Waals surface area contributed by atoms with Crippen LogP contribution < -0.4 is 4.72 Å². The van der Waals surface area contributed by atoms with Gasteiger partial charge in [0.25, 0.3) is 0 Å². The summed E-state index contributed by atoms with van der Waals surface area (Å²) < 4.78 is 56.6. The van der Waals surface area contributed by atoms with Crippen LogP contribution >= 0.6 is 0 Å². The molecule has 0 amide bonds. The predicted octanol–water partition coefficient (Wildman–Crippen LogP) is 0.640. The van der Waals surface area contributed by atoms with E-state index in [1.54, 1.807) is 0 Å². The Labute approximate surface area is 110 Å². The Morgan fingerprint density at radius 1 is 1.42 bits per heavy atom. The molecule has 0 aliphatic rings. The highest BCUT2D eigenvalue weighted by atomic mass is 32.2. The summed E-state index contributed by atoms with van der Waals surface area (Å²) in [6.07, 6.45) is 0. The summed E-state index contributed by atoms with van der Waals surface area (Å²) >= 11 is 0. The van der Waals surface area contributed by atoms with Crippen LogP contribution in [0.4, 0.5) is 8.78 Å². The van der Waals surface area contributed by atoms with Crippen molar-refractivity contribution < 1.29 is 27.0 Å². The Bertz CT molecular complexity index is 546. The van der Waals surface area contributed by atoms with Crippen molar-refractivity contribution in [3.8, 4) is 0 Å². The number of methoxy groups -OCH3 is 1. The number of nitrogens with one attached hydrogen (secondary N) is 1. The Balaban J connectivity index is 2.90. The van der Waals surface area contributed by atoms with E-state index < -0.39 is 32.2 Å². The standard InChI is InChI=1S/C11H15F2NO4S/c1-11(15,7-18-2)6-14-19(16,17)10-5-8(12)3-4-9(10)13/h3-5,14-15H,6-7H2,1-2H3/t11-/m0/s1. The van der Waals surface area contributed by atoms with E-state index in [9.17, 15) is 22.3 Å². The molecule has 8 heteroatoms. The number of rotatable bonds is 6. The van der Waals surface area contributed by atoms with Crippen molar-refractivity contribution in [2.24, 2.45) is 0 Å². The van der Waals surface area contributed by atoms with Gasteiger partial charge >= 0.3 is 0 Å². The number of hydrogen-bond donors (Lipinski definition) is 2. The Morgan fingerprint density at radius 2 is 2.05 bits per heavy atom. The Morgan fingerprint density at radius 3 is 2.63 bits per heavy atom. The molecule has 108 valence electrons. The van der Waals surface area contributed by atoms with E-state index in [0.29, 0.717) is 6.07 Å². The van der Waals surface area contributed by atoms with Crippen molar-refractivity contribution in [1.82, 2.24) is 4.72 Å². The van der Waals surface area contributed by atoms with E-state index in [1.165, 1.54) is 14.0 Å². The summed E-state index contributed by atoms with van der Waals surface area (Å²) in [6, 6.07) is 2.11. The molecule has 0 bridgehead atoms. The van der Waals surface area contributed by atoms with Crippen molar-refractivity contribution in [1.29, 1.82) is 0 Å². The monoisotopic (exact) mass is 295 g/mol. The molecule has 1 rings (SSSR count). The first kappa shape index (κ1) is 16.0. The molecule has 0 radical (unpaired) electrons. The molecule has 0 spiro atoms. The van der Waals surface area contributed by atoms with Crippen LogP contribution in [0.25, 0.3) is 0 Å². The van der Waals surface area contributed by atoms with Crippen LogP contribution in [0.1, 0.15) is 6.92 Å². The zero-order chi connectivity index (χ0) is 14.7. The molecule has 0 fully saturated rings. The summed E-state index contributed by atoms with van der Waals surface area (Å²) in [5.74, 6) is -1.94. The lowest BCUT2D eigenvalue weighted by molar-refractivity contribution is -0.0120. The summed E-state index contributed by atoms with van der Waals surface area (Å²) in [6.45, 7) is 0.848. The summed E-state index contributed by atoms with van der Waals surface area (Å²) in [7, 11) is -2.90. The third-order valence-electron chi connectivity index (χ3n) is 2.28. The van der Waals surface area contributed by atoms with Gasteiger partial charge in [-0.2, -0.15) is 0 Å². The van der Waals surface area contributed by atoms with Gasteiger partial charge in [-0.25, -0.2) is 21.9 Å². The van der Waals surface area contributed by atoms with Gasteiger partial charge in [0.2, 0.25) is 10.0 Å². The highest BCUT2D eigenvalue weighted by molar-refractivity contribution is 7.89. The number of ether oxygens (including phenoxy) is 1. The predicted molar refractivity (Wildman–Crippen MR) is 64.0 cm³/mol. The van der Waals surface area contributed by atoms with Gasteiger partial charge < -0.3 is 9.84 Å². The minimum atomic E-state index is -4.25. The van der Waals surface area contributed by atoms with Crippen LogP contribution in [0.5, 0.6) is 0 Å². The van der Waals surface area contributed by atoms with E-state index in [0.717, 1.165) is 12.1 Å². The third kappa shape index (κ3) is 4.50. The molecule has 0 aromatic heterocycles. The minimum Gasteiger partial charge on any atom is -0.386 e. The molecule has 0 heterocycles. The minimum absolute atomic E-state index is 0.110. The quantitative estimate of drug-likeness (QED) is 0.807. The second kappa shape index (κ2) is 5.91. The first-order chi connectivity index (χ1) is 8.68. The second-order valence-corrected chi connectivity index (χ2v) is 6.06. The average molecular weight is 295 g/mol. The van der Waals surface area contributed by atoms with Gasteiger partial charge in [-0.05, 0) is 25.1 Å². The third-order valence-corrected chi connectivity index (χ3v) is 3.70. The maximum atomic E-state index is 13.4. The van der Waals surface area contributed by atoms with Crippen molar-refractivity contribution in [2.75, 3.05) is 20.3 Å². The number of aliphatic hydroxyl groups is 1. The van der Waals surface area contributed by atoms with Gasteiger partial charge in [0, 0.05) is 13.7 Å². The lowest BCUT2D eigenvalue weighted by atomic mass is 10.1. The number of halogens is 2. The molecule has 1 aromatic rings. The zero-order valence-corrected chi connectivity index (χ0v) is 11.3. The smallest absolute Gasteiger partial charge is 0.243 e. The van der Waals surface area contributed by atoms with E-state index in [2.05, 4.69) is 0 Å². The van der Waals surface area contributed by atoms with Gasteiger partial charge in [-0.15, -0.1) is 0 Å². The highest BCUT2D eigenvalue weighted by Crippen LogP contribution is 2.16. The number of hydrogen-bond acceptors (Lipinski definition) is 4. The van der Waals surface area contributed by atoms with Crippen LogP contribution in [0.15, 0.2) is 23.1 Å². The molecule has 0 saturated carbocycles. The van der Waals surface area contributed by atoms with Gasteiger partial charge in [0.05, 0.1) is 12.2 Å². The fourth-order valence-electron chi connectivity index (χ4n) is 1.37. The first-order valence-corrected chi connectivity index (χ1v) is 6.82. The molecule has 5 nitrogen and oxygen atoms in total. The molecule has 1 atom stereocenters. The topological polar surface area (TPSA) is 75.6 Å². The molecule has 19 heavy (non-hydrogen) atoms. The number of sulfonamides is 1. The second-order valence-electron chi connectivity index (χ2n) is 4.33. The summed E-state index contributed by atoms with van der Waals surface area (Å²) in [5, 5.41) is 9.73. The lowest BCUT2D eigenvalue weighted by Gasteiger charge is -2.22. The Hall–Kier alpha value is -1.09. The Kier molecular flexibility index (Phi) is 4.97. The lowest BCUT2D eigenvalue weighted by Crippen LogP contribution is -2.43. The van der Waals surface area contributed by atoms with E-state index >= 15 is 0 Å². The van der Waals surface area contributed by atoms with Gasteiger partial charge in [0.1, 0.15) is 16.5 Å². The molecule has 0 aliphatic carbocycles. The molecule has 0 unspecified atom stereocenters. The van der Waals surface area contributed by atoms with Crippen LogP contribution in [0.3, 0.4) is 0 Å². The largest absolute Gasteiger partial charge is 0.386 e. The normalized spacial score (nSPS) is 15.2. The fraction of sp³-hybridized carbons (Fsp3) is 0.455. The van der Waals surface area contributed by atoms with Crippen molar-refractivity contribution >= 4 is 10.0 Å². The maximum absolute atomic E-state index is 13.4. The number of benzene rings is 1. The van der Waals surface area contributed by atoms with Crippen molar-refractivity contribution in [3.63, 3.8) is 0 Å². The van der Waals surface area contributed by atoms with Gasteiger partial charge in [-0.3, -0.25) is 0 Å². The van der Waals surface area contributed by atoms with E-state index in [-0.39, 0.29) is 13.2 Å². The van der Waals surface area contributed by atoms with Crippen molar-refractivity contribution in [3.05, 3.63) is 29.8 Å². The summed E-state index contributed by atoms with van der Waals surface area (Å²) in [4.78, 5) is -0.805. The molecule has 0 aliphatic heterocycles. The maximum Gasteiger partial charge on any atom is 0.243 e. The average Bonchev–Trinajstić information content (AvgIpc) is 2.30. The highest BCUT2D eigenvalue weighted by Gasteiger charge is 2.26. The van der Waals surface area contributed by atoms with E-state index in [4.69, 9.17) is 4.74 Å². The molecule has 2 N–H and O–H groups in total. The fourth-order valence-corrected chi connectivity index (χ4v) is 2.62. The zero-order valence-electron chi connectivity index (χ0n) is 10.5. The van der Waals surface area contributed by atoms with Crippen molar-refractivity contribution in [2.45, 2.75) is 17.4 Å².